The number of likely N-dealkylation sites (tertiary alicyclic amines) is 1. The van der Waals surface area contributed by atoms with Crippen molar-refractivity contribution < 1.29 is 14.3 Å². The van der Waals surface area contributed by atoms with Crippen LogP contribution < -0.4 is 10.1 Å². The average Bonchev–Trinajstić information content (AvgIpc) is 3.34. The molecular weight excluding hydrogens is 316 g/mol. The molecule has 0 aromatic heterocycles. The van der Waals surface area contributed by atoms with Crippen LogP contribution in [-0.2, 0) is 9.59 Å². The molecule has 2 fully saturated rings. The van der Waals surface area contributed by atoms with E-state index in [1.807, 2.05) is 18.2 Å². The van der Waals surface area contributed by atoms with Crippen molar-refractivity contribution >= 4 is 11.8 Å². The van der Waals surface area contributed by atoms with Crippen molar-refractivity contribution in [1.82, 2.24) is 10.2 Å². The molecule has 1 saturated heterocycles. The van der Waals surface area contributed by atoms with E-state index in [0.717, 1.165) is 31.4 Å². The van der Waals surface area contributed by atoms with Crippen LogP contribution in [0.4, 0.5) is 0 Å². The van der Waals surface area contributed by atoms with Crippen LogP contribution in [0, 0.1) is 5.92 Å². The summed E-state index contributed by atoms with van der Waals surface area (Å²) in [7, 11) is 0. The smallest absolute Gasteiger partial charge is 0.242 e. The highest BCUT2D eigenvalue weighted by atomic mass is 16.5. The first-order valence-electron chi connectivity index (χ1n) is 9.38. The Bertz CT molecular complexity index is 625. The maximum atomic E-state index is 12.4. The zero-order chi connectivity index (χ0) is 17.8. The van der Waals surface area contributed by atoms with E-state index >= 15 is 0 Å². The van der Waals surface area contributed by atoms with Gasteiger partial charge in [0.2, 0.25) is 11.8 Å². The molecule has 25 heavy (non-hydrogen) atoms. The minimum absolute atomic E-state index is 0.0488. The molecule has 1 aliphatic carbocycles. The number of nitrogens with zero attached hydrogens (tertiary/aromatic N) is 1. The van der Waals surface area contributed by atoms with Gasteiger partial charge in [-0.3, -0.25) is 9.59 Å². The lowest BCUT2D eigenvalue weighted by Gasteiger charge is -2.24. The molecule has 1 atom stereocenters. The number of carbonyl (C=O) groups excluding carboxylic acids is 2. The number of ether oxygens (including phenoxy) is 1. The molecule has 0 bridgehead atoms. The van der Waals surface area contributed by atoms with Gasteiger partial charge in [0.15, 0.2) is 0 Å². The number of para-hydroxylation sites is 1. The van der Waals surface area contributed by atoms with E-state index in [-0.39, 0.29) is 23.8 Å². The molecule has 2 aliphatic rings. The number of benzene rings is 1. The molecule has 5 heteroatoms. The second-order valence-electron chi connectivity index (χ2n) is 7.30. The number of hydrogen-bond acceptors (Lipinski definition) is 3. The van der Waals surface area contributed by atoms with Crippen LogP contribution in [0.25, 0.3) is 0 Å². The van der Waals surface area contributed by atoms with E-state index in [4.69, 9.17) is 4.74 Å². The molecule has 1 N–H and O–H groups in total. The highest BCUT2D eigenvalue weighted by Gasteiger charge is 2.40. The van der Waals surface area contributed by atoms with Gasteiger partial charge in [-0.1, -0.05) is 32.0 Å². The van der Waals surface area contributed by atoms with E-state index in [0.29, 0.717) is 25.6 Å². The van der Waals surface area contributed by atoms with Crippen molar-refractivity contribution in [2.75, 3.05) is 19.7 Å². The SMILES string of the molecule is CC(C)c1ccccc1OCCNC(=O)[C@@H]1CCCN1C(=O)C1CC1. The zero-order valence-electron chi connectivity index (χ0n) is 15.2. The third-order valence-corrected chi connectivity index (χ3v) is 4.96. The van der Waals surface area contributed by atoms with Crippen molar-refractivity contribution in [2.45, 2.75) is 51.5 Å². The monoisotopic (exact) mass is 344 g/mol. The van der Waals surface area contributed by atoms with Gasteiger partial charge in [-0.15, -0.1) is 0 Å². The summed E-state index contributed by atoms with van der Waals surface area (Å²) in [6, 6.07) is 7.70. The molecule has 3 rings (SSSR count). The summed E-state index contributed by atoms with van der Waals surface area (Å²) in [5.74, 6) is 1.56. The van der Waals surface area contributed by atoms with E-state index in [2.05, 4.69) is 25.2 Å². The molecule has 1 aromatic carbocycles. The Balaban J connectivity index is 1.46. The molecule has 1 aromatic rings. The van der Waals surface area contributed by atoms with Crippen LogP contribution >= 0.6 is 0 Å². The second-order valence-corrected chi connectivity index (χ2v) is 7.30. The standard InChI is InChI=1S/C20H28N2O3/c1-14(2)16-6-3-4-8-18(16)25-13-11-21-19(23)17-7-5-12-22(17)20(24)15-9-10-15/h3-4,6,8,14-15,17H,5,7,9-13H2,1-2H3,(H,21,23)/t17-/m0/s1. The molecule has 136 valence electrons. The predicted molar refractivity (Wildman–Crippen MR) is 96.5 cm³/mol. The number of amides is 2. The summed E-state index contributed by atoms with van der Waals surface area (Å²) < 4.78 is 5.84. The quantitative estimate of drug-likeness (QED) is 0.774. The van der Waals surface area contributed by atoms with Crippen molar-refractivity contribution in [3.05, 3.63) is 29.8 Å². The van der Waals surface area contributed by atoms with Gasteiger partial charge in [0.1, 0.15) is 18.4 Å². The first kappa shape index (κ1) is 17.8. The van der Waals surface area contributed by atoms with Crippen molar-refractivity contribution in [3.8, 4) is 5.75 Å². The van der Waals surface area contributed by atoms with Gasteiger partial charge in [-0.05, 0) is 43.2 Å². The molecule has 0 spiro atoms. The molecule has 1 heterocycles. The lowest BCUT2D eigenvalue weighted by molar-refractivity contribution is -0.139. The maximum absolute atomic E-state index is 12.4. The third kappa shape index (κ3) is 4.33. The number of hydrogen-bond donors (Lipinski definition) is 1. The fourth-order valence-corrected chi connectivity index (χ4v) is 3.41. The largest absolute Gasteiger partial charge is 0.491 e. The zero-order valence-corrected chi connectivity index (χ0v) is 15.2. The van der Waals surface area contributed by atoms with Gasteiger partial charge < -0.3 is 15.0 Å². The maximum Gasteiger partial charge on any atom is 0.242 e. The summed E-state index contributed by atoms with van der Waals surface area (Å²) in [4.78, 5) is 26.5. The highest BCUT2D eigenvalue weighted by Crippen LogP contribution is 2.33. The van der Waals surface area contributed by atoms with Crippen LogP contribution in [0.3, 0.4) is 0 Å². The Labute approximate surface area is 149 Å². The highest BCUT2D eigenvalue weighted by molar-refractivity contribution is 5.89. The minimum Gasteiger partial charge on any atom is -0.491 e. The number of nitrogens with one attached hydrogen (secondary N) is 1. The van der Waals surface area contributed by atoms with Gasteiger partial charge in [-0.2, -0.15) is 0 Å². The lowest BCUT2D eigenvalue weighted by Crippen LogP contribution is -2.47. The van der Waals surface area contributed by atoms with E-state index in [1.165, 1.54) is 5.56 Å². The Morgan fingerprint density at radius 3 is 2.72 bits per heavy atom. The molecule has 2 amide bonds. The molecular formula is C20H28N2O3. The van der Waals surface area contributed by atoms with Crippen LogP contribution in [-0.4, -0.2) is 42.5 Å². The fraction of sp³-hybridized carbons (Fsp3) is 0.600. The van der Waals surface area contributed by atoms with Crippen LogP contribution in [0.15, 0.2) is 24.3 Å². The Morgan fingerprint density at radius 1 is 1.24 bits per heavy atom. The number of rotatable bonds is 7. The van der Waals surface area contributed by atoms with Crippen molar-refractivity contribution in [2.24, 2.45) is 5.92 Å². The van der Waals surface area contributed by atoms with Crippen LogP contribution in [0.5, 0.6) is 5.75 Å². The van der Waals surface area contributed by atoms with Crippen molar-refractivity contribution in [1.29, 1.82) is 0 Å². The summed E-state index contributed by atoms with van der Waals surface area (Å²) in [5, 5.41) is 2.93. The predicted octanol–water partition coefficient (Wildman–Crippen LogP) is 2.71. The summed E-state index contributed by atoms with van der Waals surface area (Å²) in [5.41, 5.74) is 1.17. The minimum atomic E-state index is -0.295. The number of carbonyl (C=O) groups is 2. The Hall–Kier alpha value is -2.04. The normalized spacial score (nSPS) is 20.0. The summed E-state index contributed by atoms with van der Waals surface area (Å²) in [6.45, 7) is 5.86. The van der Waals surface area contributed by atoms with Gasteiger partial charge in [0, 0.05) is 12.5 Å². The van der Waals surface area contributed by atoms with E-state index in [9.17, 15) is 9.59 Å². The summed E-state index contributed by atoms with van der Waals surface area (Å²) in [6.07, 6.45) is 3.63. The van der Waals surface area contributed by atoms with E-state index < -0.39 is 0 Å². The van der Waals surface area contributed by atoms with Gasteiger partial charge in [0.05, 0.1) is 6.54 Å². The van der Waals surface area contributed by atoms with Crippen molar-refractivity contribution in [3.63, 3.8) is 0 Å². The molecule has 5 nitrogen and oxygen atoms in total. The Kier molecular flexibility index (Phi) is 5.61. The molecule has 0 unspecified atom stereocenters. The topological polar surface area (TPSA) is 58.6 Å². The van der Waals surface area contributed by atoms with Crippen LogP contribution in [0.1, 0.15) is 51.0 Å². The van der Waals surface area contributed by atoms with E-state index in [1.54, 1.807) is 4.90 Å². The van der Waals surface area contributed by atoms with Gasteiger partial charge in [0.25, 0.3) is 0 Å². The molecule has 1 saturated carbocycles. The first-order valence-corrected chi connectivity index (χ1v) is 9.38. The third-order valence-electron chi connectivity index (χ3n) is 4.96. The molecule has 1 aliphatic heterocycles. The second kappa shape index (κ2) is 7.89. The van der Waals surface area contributed by atoms with Crippen LogP contribution in [0.2, 0.25) is 0 Å². The van der Waals surface area contributed by atoms with Gasteiger partial charge in [-0.25, -0.2) is 0 Å². The Morgan fingerprint density at radius 2 is 2.00 bits per heavy atom. The first-order chi connectivity index (χ1) is 12.1. The molecule has 0 radical (unpaired) electrons. The lowest BCUT2D eigenvalue weighted by atomic mass is 10.0. The van der Waals surface area contributed by atoms with Gasteiger partial charge >= 0.3 is 0 Å². The average molecular weight is 344 g/mol. The summed E-state index contributed by atoms with van der Waals surface area (Å²) >= 11 is 0. The fourth-order valence-electron chi connectivity index (χ4n) is 3.41.